The van der Waals surface area contributed by atoms with Crippen LogP contribution in [-0.4, -0.2) is 33.3 Å². The van der Waals surface area contributed by atoms with Crippen LogP contribution in [0.5, 0.6) is 0 Å². The average molecular weight is 220 g/mol. The molecule has 0 saturated carbocycles. The highest BCUT2D eigenvalue weighted by molar-refractivity contribution is 5.06. The van der Waals surface area contributed by atoms with Gasteiger partial charge in [-0.05, 0) is 38.8 Å². The Balaban J connectivity index is 1.91. The topological polar surface area (TPSA) is 34.0 Å². The molecule has 1 aromatic heterocycles. The molecular weight excluding hydrogens is 200 g/mol. The monoisotopic (exact) mass is 220 g/mol. The van der Waals surface area contributed by atoms with Crippen LogP contribution >= 0.6 is 0 Å². The minimum absolute atomic E-state index is 0.509. The molecule has 88 valence electrons. The van der Waals surface area contributed by atoms with E-state index in [4.69, 9.17) is 0 Å². The second kappa shape index (κ2) is 3.84. The van der Waals surface area contributed by atoms with Crippen LogP contribution in [0, 0.1) is 5.92 Å². The largest absolute Gasteiger partial charge is 0.314 e. The van der Waals surface area contributed by atoms with Crippen LogP contribution in [0.3, 0.4) is 0 Å². The van der Waals surface area contributed by atoms with Crippen LogP contribution in [-0.2, 0) is 13.0 Å². The Kier molecular flexibility index (Phi) is 2.46. The summed E-state index contributed by atoms with van der Waals surface area (Å²) in [6.07, 6.45) is 4.90. The second-order valence-corrected chi connectivity index (χ2v) is 5.36. The Bertz CT molecular complexity index is 384. The molecule has 3 rings (SSSR count). The van der Waals surface area contributed by atoms with Gasteiger partial charge in [0, 0.05) is 13.0 Å². The molecule has 2 unspecified atom stereocenters. The quantitative estimate of drug-likeness (QED) is 0.721. The van der Waals surface area contributed by atoms with Gasteiger partial charge in [0.1, 0.15) is 11.6 Å². The van der Waals surface area contributed by atoms with E-state index in [1.165, 1.54) is 37.5 Å². The third-order valence-corrected chi connectivity index (χ3v) is 4.05. The first kappa shape index (κ1) is 10.3. The number of likely N-dealkylation sites (tertiary alicyclic amines) is 1. The fourth-order valence-electron chi connectivity index (χ4n) is 2.99. The van der Waals surface area contributed by atoms with Crippen molar-refractivity contribution in [3.05, 3.63) is 11.6 Å². The van der Waals surface area contributed by atoms with Gasteiger partial charge in [0.2, 0.25) is 0 Å². The maximum atomic E-state index is 4.44. The van der Waals surface area contributed by atoms with Gasteiger partial charge in [-0.25, -0.2) is 0 Å². The zero-order valence-electron chi connectivity index (χ0n) is 10.2. The van der Waals surface area contributed by atoms with Crippen molar-refractivity contribution in [2.45, 2.75) is 45.2 Å². The van der Waals surface area contributed by atoms with Gasteiger partial charge in [0.25, 0.3) is 0 Å². The van der Waals surface area contributed by atoms with Crippen molar-refractivity contribution in [3.8, 4) is 0 Å². The molecule has 0 spiro atoms. The van der Waals surface area contributed by atoms with Crippen LogP contribution in [0.2, 0.25) is 0 Å². The Morgan fingerprint density at radius 1 is 1.19 bits per heavy atom. The van der Waals surface area contributed by atoms with E-state index in [0.29, 0.717) is 6.04 Å². The van der Waals surface area contributed by atoms with E-state index in [9.17, 15) is 0 Å². The fraction of sp³-hybridized carbons (Fsp3) is 0.833. The lowest BCUT2D eigenvalue weighted by Crippen LogP contribution is -2.24. The number of hydrogen-bond donors (Lipinski definition) is 0. The minimum Gasteiger partial charge on any atom is -0.314 e. The van der Waals surface area contributed by atoms with Gasteiger partial charge >= 0.3 is 0 Å². The lowest BCUT2D eigenvalue weighted by molar-refractivity contribution is 0.289. The van der Waals surface area contributed by atoms with Gasteiger partial charge in [0.05, 0.1) is 6.04 Å². The molecule has 4 heteroatoms. The normalized spacial score (nSPS) is 30.6. The lowest BCUT2D eigenvalue weighted by Gasteiger charge is -2.24. The van der Waals surface area contributed by atoms with E-state index >= 15 is 0 Å². The molecule has 2 aliphatic heterocycles. The molecule has 0 amide bonds. The summed E-state index contributed by atoms with van der Waals surface area (Å²) in [5.41, 5.74) is 0. The summed E-state index contributed by atoms with van der Waals surface area (Å²) in [5.74, 6) is 3.18. The molecule has 2 aliphatic rings. The Hall–Kier alpha value is -0.900. The first-order chi connectivity index (χ1) is 7.75. The van der Waals surface area contributed by atoms with Crippen LogP contribution in [0.25, 0.3) is 0 Å². The van der Waals surface area contributed by atoms with Crippen LogP contribution in [0.1, 0.15) is 43.9 Å². The van der Waals surface area contributed by atoms with Crippen molar-refractivity contribution >= 4 is 0 Å². The van der Waals surface area contributed by atoms with Crippen LogP contribution < -0.4 is 0 Å². The van der Waals surface area contributed by atoms with Gasteiger partial charge in [-0.15, -0.1) is 10.2 Å². The summed E-state index contributed by atoms with van der Waals surface area (Å²) in [6, 6.07) is 0.509. The molecular formula is C12H20N4. The lowest BCUT2D eigenvalue weighted by atomic mass is 10.00. The highest BCUT2D eigenvalue weighted by Gasteiger charge is 2.30. The molecule has 0 N–H and O–H groups in total. The van der Waals surface area contributed by atoms with Crippen molar-refractivity contribution in [3.63, 3.8) is 0 Å². The maximum absolute atomic E-state index is 4.44. The van der Waals surface area contributed by atoms with Gasteiger partial charge in [-0.2, -0.15) is 0 Å². The van der Waals surface area contributed by atoms with Gasteiger partial charge in [-0.1, -0.05) is 6.92 Å². The third-order valence-electron chi connectivity index (χ3n) is 4.05. The summed E-state index contributed by atoms with van der Waals surface area (Å²) in [5, 5.41) is 8.81. The predicted octanol–water partition coefficient (Wildman–Crippen LogP) is 1.63. The number of nitrogens with zero attached hydrogens (tertiary/aromatic N) is 4. The molecule has 4 nitrogen and oxygen atoms in total. The Morgan fingerprint density at radius 2 is 2.06 bits per heavy atom. The molecule has 1 saturated heterocycles. The first-order valence-corrected chi connectivity index (χ1v) is 6.38. The van der Waals surface area contributed by atoms with E-state index in [1.807, 2.05) is 0 Å². The molecule has 1 fully saturated rings. The number of aromatic nitrogens is 3. The van der Waals surface area contributed by atoms with Crippen molar-refractivity contribution in [2.75, 3.05) is 13.6 Å². The zero-order chi connectivity index (χ0) is 11.1. The number of hydrogen-bond acceptors (Lipinski definition) is 3. The SMILES string of the molecule is CC1CCn2c(nnc2C2CCCN2C)C1. The minimum atomic E-state index is 0.509. The van der Waals surface area contributed by atoms with E-state index in [2.05, 4.69) is 33.6 Å². The van der Waals surface area contributed by atoms with Gasteiger partial charge in [-0.3, -0.25) is 4.90 Å². The molecule has 0 radical (unpaired) electrons. The van der Waals surface area contributed by atoms with Gasteiger partial charge in [0.15, 0.2) is 0 Å². The van der Waals surface area contributed by atoms with E-state index in [1.54, 1.807) is 0 Å². The number of fused-ring (bicyclic) bond motifs is 1. The maximum Gasteiger partial charge on any atom is 0.150 e. The summed E-state index contributed by atoms with van der Waals surface area (Å²) in [7, 11) is 2.20. The van der Waals surface area contributed by atoms with E-state index < -0.39 is 0 Å². The highest BCUT2D eigenvalue weighted by Crippen LogP contribution is 2.31. The van der Waals surface area contributed by atoms with Crippen molar-refractivity contribution < 1.29 is 0 Å². The van der Waals surface area contributed by atoms with Crippen molar-refractivity contribution in [2.24, 2.45) is 5.92 Å². The molecule has 0 aromatic carbocycles. The Labute approximate surface area is 96.7 Å². The van der Waals surface area contributed by atoms with E-state index in [-0.39, 0.29) is 0 Å². The van der Waals surface area contributed by atoms with Crippen molar-refractivity contribution in [1.82, 2.24) is 19.7 Å². The summed E-state index contributed by atoms with van der Waals surface area (Å²) in [4.78, 5) is 2.41. The Morgan fingerprint density at radius 3 is 2.81 bits per heavy atom. The van der Waals surface area contributed by atoms with Crippen LogP contribution in [0.15, 0.2) is 0 Å². The fourth-order valence-corrected chi connectivity index (χ4v) is 2.99. The molecule has 3 heterocycles. The van der Waals surface area contributed by atoms with Gasteiger partial charge < -0.3 is 4.57 Å². The van der Waals surface area contributed by atoms with Crippen molar-refractivity contribution in [1.29, 1.82) is 0 Å². The summed E-state index contributed by atoms with van der Waals surface area (Å²) < 4.78 is 2.37. The standard InChI is InChI=1S/C12H20N4/c1-9-5-7-16-11(8-9)13-14-12(16)10-4-3-6-15(10)2/h9-10H,3-8H2,1-2H3. The smallest absolute Gasteiger partial charge is 0.150 e. The average Bonchev–Trinajstić information content (AvgIpc) is 2.83. The van der Waals surface area contributed by atoms with Crippen LogP contribution in [0.4, 0.5) is 0 Å². The molecule has 0 bridgehead atoms. The van der Waals surface area contributed by atoms with E-state index in [0.717, 1.165) is 18.9 Å². The first-order valence-electron chi connectivity index (χ1n) is 6.38. The third kappa shape index (κ3) is 1.56. The molecule has 16 heavy (non-hydrogen) atoms. The number of rotatable bonds is 1. The molecule has 1 aromatic rings. The molecule has 0 aliphatic carbocycles. The second-order valence-electron chi connectivity index (χ2n) is 5.36. The highest BCUT2D eigenvalue weighted by atomic mass is 15.3. The zero-order valence-corrected chi connectivity index (χ0v) is 10.2. The summed E-state index contributed by atoms with van der Waals surface area (Å²) >= 11 is 0. The summed E-state index contributed by atoms with van der Waals surface area (Å²) in [6.45, 7) is 4.62. The molecule has 2 atom stereocenters. The predicted molar refractivity (Wildman–Crippen MR) is 62.1 cm³/mol.